The number of H-pyrrole nitrogens is 1. The molecule has 0 aliphatic carbocycles. The van der Waals surface area contributed by atoms with Crippen molar-refractivity contribution in [3.63, 3.8) is 0 Å². The van der Waals surface area contributed by atoms with Crippen LogP contribution in [0.5, 0.6) is 0 Å². The summed E-state index contributed by atoms with van der Waals surface area (Å²) in [7, 11) is -3.87. The van der Waals surface area contributed by atoms with Gasteiger partial charge in [0.1, 0.15) is 10.6 Å². The van der Waals surface area contributed by atoms with Crippen molar-refractivity contribution in [3.8, 4) is 0 Å². The summed E-state index contributed by atoms with van der Waals surface area (Å²) < 4.78 is 26.9. The molecule has 0 amide bonds. The molecule has 1 rings (SSSR count). The summed E-state index contributed by atoms with van der Waals surface area (Å²) in [4.78, 5) is 13.5. The van der Waals surface area contributed by atoms with Gasteiger partial charge < -0.3 is 15.2 Å². The first-order valence-electron chi connectivity index (χ1n) is 6.66. The number of aliphatic hydroxyl groups excluding tert-OH is 1. The number of aliphatic hydroxyl groups is 1. The quantitative estimate of drug-likeness (QED) is 0.598. The molecule has 1 aromatic heterocycles. The first kappa shape index (κ1) is 17.7. The summed E-state index contributed by atoms with van der Waals surface area (Å²) in [6.45, 7) is 6.69. The SMILES string of the molecule is Cc1[nH]c(C(=O)O)c(C)c1S(=O)(=O)NCC(O)CC(C)C. The van der Waals surface area contributed by atoms with Gasteiger partial charge in [0.25, 0.3) is 0 Å². The van der Waals surface area contributed by atoms with Crippen LogP contribution in [0, 0.1) is 19.8 Å². The molecule has 1 unspecified atom stereocenters. The molecule has 0 saturated heterocycles. The van der Waals surface area contributed by atoms with Crippen LogP contribution >= 0.6 is 0 Å². The fourth-order valence-corrected chi connectivity index (χ4v) is 3.77. The molecule has 1 atom stereocenters. The predicted molar refractivity (Wildman–Crippen MR) is 77.9 cm³/mol. The molecule has 4 N–H and O–H groups in total. The maximum atomic E-state index is 12.3. The fourth-order valence-electron chi connectivity index (χ4n) is 2.26. The van der Waals surface area contributed by atoms with Crippen LogP contribution in [0.25, 0.3) is 0 Å². The fraction of sp³-hybridized carbons (Fsp3) is 0.615. The van der Waals surface area contributed by atoms with Gasteiger partial charge in [0.15, 0.2) is 0 Å². The van der Waals surface area contributed by atoms with Crippen LogP contribution in [-0.2, 0) is 10.0 Å². The number of sulfonamides is 1. The summed E-state index contributed by atoms with van der Waals surface area (Å²) in [6, 6.07) is 0. The molecular formula is C13H22N2O5S. The number of carboxylic acids is 1. The van der Waals surface area contributed by atoms with E-state index in [1.54, 1.807) is 0 Å². The minimum atomic E-state index is -3.87. The van der Waals surface area contributed by atoms with Crippen molar-refractivity contribution in [2.45, 2.75) is 45.1 Å². The first-order valence-corrected chi connectivity index (χ1v) is 8.14. The number of nitrogens with one attached hydrogen (secondary N) is 2. The second-order valence-corrected chi connectivity index (χ2v) is 7.22. The molecule has 0 aliphatic rings. The average molecular weight is 318 g/mol. The Balaban J connectivity index is 2.96. The van der Waals surface area contributed by atoms with E-state index in [0.29, 0.717) is 6.42 Å². The smallest absolute Gasteiger partial charge is 0.352 e. The van der Waals surface area contributed by atoms with Crippen molar-refractivity contribution < 1.29 is 23.4 Å². The van der Waals surface area contributed by atoms with E-state index in [-0.39, 0.29) is 34.3 Å². The summed E-state index contributed by atoms with van der Waals surface area (Å²) in [5, 5.41) is 18.7. The van der Waals surface area contributed by atoms with Gasteiger partial charge in [-0.15, -0.1) is 0 Å². The minimum Gasteiger partial charge on any atom is -0.477 e. The van der Waals surface area contributed by atoms with Gasteiger partial charge in [0.2, 0.25) is 10.0 Å². The Kier molecular flexibility index (Phi) is 5.54. The molecule has 0 bridgehead atoms. The van der Waals surface area contributed by atoms with Crippen LogP contribution in [0.4, 0.5) is 0 Å². The third kappa shape index (κ3) is 4.29. The molecule has 120 valence electrons. The lowest BCUT2D eigenvalue weighted by molar-refractivity contribution is 0.0690. The van der Waals surface area contributed by atoms with Crippen molar-refractivity contribution in [2.75, 3.05) is 6.54 Å². The highest BCUT2D eigenvalue weighted by atomic mass is 32.2. The molecule has 0 radical (unpaired) electrons. The second kappa shape index (κ2) is 6.59. The van der Waals surface area contributed by atoms with Crippen LogP contribution in [0.1, 0.15) is 42.0 Å². The number of aromatic carboxylic acids is 1. The lowest BCUT2D eigenvalue weighted by Crippen LogP contribution is -2.33. The summed E-state index contributed by atoms with van der Waals surface area (Å²) >= 11 is 0. The number of hydrogen-bond donors (Lipinski definition) is 4. The number of hydrogen-bond acceptors (Lipinski definition) is 4. The van der Waals surface area contributed by atoms with E-state index < -0.39 is 22.1 Å². The van der Waals surface area contributed by atoms with Gasteiger partial charge in [-0.1, -0.05) is 13.8 Å². The average Bonchev–Trinajstić information content (AvgIpc) is 2.62. The van der Waals surface area contributed by atoms with Crippen molar-refractivity contribution in [1.82, 2.24) is 9.71 Å². The standard InChI is InChI=1S/C13H22N2O5S/c1-7(2)5-10(16)6-14-21(19,20)12-8(3)11(13(17)18)15-9(12)4/h7,10,14-16H,5-6H2,1-4H3,(H,17,18). The molecule has 1 heterocycles. The third-order valence-corrected chi connectivity index (χ3v) is 4.80. The van der Waals surface area contributed by atoms with Crippen molar-refractivity contribution >= 4 is 16.0 Å². The number of aryl methyl sites for hydroxylation is 1. The normalized spacial score (nSPS) is 13.6. The third-order valence-electron chi connectivity index (χ3n) is 3.10. The zero-order valence-electron chi connectivity index (χ0n) is 12.6. The van der Waals surface area contributed by atoms with Gasteiger partial charge in [0.05, 0.1) is 6.10 Å². The number of carbonyl (C=O) groups is 1. The van der Waals surface area contributed by atoms with E-state index in [2.05, 4.69) is 9.71 Å². The largest absolute Gasteiger partial charge is 0.477 e. The molecular weight excluding hydrogens is 296 g/mol. The molecule has 21 heavy (non-hydrogen) atoms. The Bertz CT molecular complexity index is 619. The van der Waals surface area contributed by atoms with Crippen LogP contribution in [0.2, 0.25) is 0 Å². The highest BCUT2D eigenvalue weighted by Gasteiger charge is 2.26. The Morgan fingerprint density at radius 1 is 1.33 bits per heavy atom. The van der Waals surface area contributed by atoms with Crippen molar-refractivity contribution in [2.24, 2.45) is 5.92 Å². The molecule has 8 heteroatoms. The van der Waals surface area contributed by atoms with Crippen molar-refractivity contribution in [1.29, 1.82) is 0 Å². The molecule has 0 aliphatic heterocycles. The number of rotatable bonds is 7. The zero-order valence-corrected chi connectivity index (χ0v) is 13.4. The van der Waals surface area contributed by atoms with E-state index in [1.165, 1.54) is 13.8 Å². The first-order chi connectivity index (χ1) is 9.56. The van der Waals surface area contributed by atoms with E-state index in [1.807, 2.05) is 13.8 Å². The molecule has 1 aromatic rings. The summed E-state index contributed by atoms with van der Waals surface area (Å²) in [5.74, 6) is -0.962. The predicted octanol–water partition coefficient (Wildman–Crippen LogP) is 1.02. The summed E-state index contributed by atoms with van der Waals surface area (Å²) in [6.07, 6.45) is -0.299. The Morgan fingerprint density at radius 3 is 2.33 bits per heavy atom. The Morgan fingerprint density at radius 2 is 1.90 bits per heavy atom. The van der Waals surface area contributed by atoms with E-state index in [4.69, 9.17) is 5.11 Å². The molecule has 0 aromatic carbocycles. The number of carboxylic acid groups (broad SMARTS) is 1. The molecule has 0 saturated carbocycles. The van der Waals surface area contributed by atoms with Gasteiger partial charge in [-0.3, -0.25) is 0 Å². The zero-order chi connectivity index (χ0) is 16.4. The van der Waals surface area contributed by atoms with E-state index in [0.717, 1.165) is 0 Å². The van der Waals surface area contributed by atoms with Crippen LogP contribution < -0.4 is 4.72 Å². The molecule has 7 nitrogen and oxygen atoms in total. The van der Waals surface area contributed by atoms with Gasteiger partial charge in [-0.05, 0) is 26.2 Å². The maximum Gasteiger partial charge on any atom is 0.352 e. The van der Waals surface area contributed by atoms with Crippen LogP contribution in [-0.4, -0.2) is 42.2 Å². The Labute approximate surface area is 124 Å². The second-order valence-electron chi connectivity index (χ2n) is 5.52. The molecule has 0 spiro atoms. The van der Waals surface area contributed by atoms with Gasteiger partial charge in [0, 0.05) is 17.8 Å². The molecule has 0 fully saturated rings. The number of aromatic nitrogens is 1. The van der Waals surface area contributed by atoms with E-state index in [9.17, 15) is 18.3 Å². The highest BCUT2D eigenvalue weighted by molar-refractivity contribution is 7.89. The lowest BCUT2D eigenvalue weighted by Gasteiger charge is -2.14. The van der Waals surface area contributed by atoms with Gasteiger partial charge in [-0.25, -0.2) is 17.9 Å². The van der Waals surface area contributed by atoms with E-state index >= 15 is 0 Å². The lowest BCUT2D eigenvalue weighted by atomic mass is 10.1. The number of aromatic amines is 1. The van der Waals surface area contributed by atoms with Crippen LogP contribution in [0.3, 0.4) is 0 Å². The van der Waals surface area contributed by atoms with Gasteiger partial charge in [-0.2, -0.15) is 0 Å². The summed E-state index contributed by atoms with van der Waals surface area (Å²) in [5.41, 5.74) is 0.275. The van der Waals surface area contributed by atoms with Crippen LogP contribution in [0.15, 0.2) is 4.90 Å². The topological polar surface area (TPSA) is 119 Å². The minimum absolute atomic E-state index is 0.0725. The Hall–Kier alpha value is -1.38. The highest BCUT2D eigenvalue weighted by Crippen LogP contribution is 2.23. The van der Waals surface area contributed by atoms with Crippen molar-refractivity contribution in [3.05, 3.63) is 17.0 Å². The monoisotopic (exact) mass is 318 g/mol. The van der Waals surface area contributed by atoms with Gasteiger partial charge >= 0.3 is 5.97 Å². The maximum absolute atomic E-state index is 12.3.